The van der Waals surface area contributed by atoms with Crippen molar-refractivity contribution in [3.63, 3.8) is 0 Å². The summed E-state index contributed by atoms with van der Waals surface area (Å²) in [4.78, 5) is 0.00934. The Bertz CT molecular complexity index is 684. The Balaban J connectivity index is 1.96. The first-order valence-electron chi connectivity index (χ1n) is 5.73. The minimum Gasteiger partial charge on any atom is -0.307 e. The Morgan fingerprint density at radius 3 is 2.95 bits per heavy atom. The molecule has 0 fully saturated rings. The van der Waals surface area contributed by atoms with E-state index in [1.165, 1.54) is 23.3 Å². The van der Waals surface area contributed by atoms with Gasteiger partial charge >= 0.3 is 0 Å². The van der Waals surface area contributed by atoms with Gasteiger partial charge < -0.3 is 5.32 Å². The van der Waals surface area contributed by atoms with Gasteiger partial charge in [-0.15, -0.1) is 0 Å². The van der Waals surface area contributed by atoms with E-state index in [9.17, 15) is 12.8 Å². The quantitative estimate of drug-likeness (QED) is 0.847. The van der Waals surface area contributed by atoms with Gasteiger partial charge in [0.1, 0.15) is 11.6 Å². The molecule has 0 saturated heterocycles. The van der Waals surface area contributed by atoms with Crippen molar-refractivity contribution in [2.45, 2.75) is 24.5 Å². The molecular weight excluding hydrogens is 273 g/mol. The summed E-state index contributed by atoms with van der Waals surface area (Å²) in [6, 6.07) is 0. The van der Waals surface area contributed by atoms with Gasteiger partial charge in [0.15, 0.2) is 0 Å². The number of aromatic nitrogens is 4. The molecule has 2 aromatic heterocycles. The Morgan fingerprint density at radius 1 is 1.37 bits per heavy atom. The van der Waals surface area contributed by atoms with Crippen LogP contribution in [0.4, 0.5) is 4.39 Å². The van der Waals surface area contributed by atoms with Gasteiger partial charge in [0, 0.05) is 31.0 Å². The maximum atomic E-state index is 12.3. The molecule has 0 aromatic carbocycles. The van der Waals surface area contributed by atoms with E-state index in [0.717, 1.165) is 15.3 Å². The molecule has 0 amide bonds. The van der Waals surface area contributed by atoms with E-state index in [1.807, 2.05) is 0 Å². The summed E-state index contributed by atoms with van der Waals surface area (Å²) in [7, 11) is -3.74. The minimum atomic E-state index is -3.74. The molecule has 9 heteroatoms. The summed E-state index contributed by atoms with van der Waals surface area (Å²) in [5.41, 5.74) is 1.61. The van der Waals surface area contributed by atoms with Gasteiger partial charge in [0.2, 0.25) is 0 Å². The first-order chi connectivity index (χ1) is 9.11. The summed E-state index contributed by atoms with van der Waals surface area (Å²) in [6.45, 7) is 0.628. The Hall–Kier alpha value is -1.74. The second-order valence-electron chi connectivity index (χ2n) is 4.21. The highest BCUT2D eigenvalue weighted by Gasteiger charge is 2.24. The topological polar surface area (TPSA) is 81.8 Å². The fourth-order valence-electron chi connectivity index (χ4n) is 1.95. The molecule has 1 aliphatic rings. The lowest BCUT2D eigenvalue weighted by Gasteiger charge is -2.01. The highest BCUT2D eigenvalue weighted by atomic mass is 32.2. The number of fused-ring (bicyclic) bond motifs is 1. The van der Waals surface area contributed by atoms with Gasteiger partial charge in [-0.3, -0.25) is 4.68 Å². The zero-order chi connectivity index (χ0) is 13.5. The summed E-state index contributed by atoms with van der Waals surface area (Å²) in [6.07, 6.45) is 4.01. The zero-order valence-corrected chi connectivity index (χ0v) is 10.8. The largest absolute Gasteiger partial charge is 0.307 e. The number of halogens is 1. The fraction of sp³-hybridized carbons (Fsp3) is 0.400. The van der Waals surface area contributed by atoms with Gasteiger partial charge in [-0.05, 0) is 0 Å². The number of hydrogen-bond acceptors (Lipinski definition) is 5. The molecular formula is C10H12FN5O2S. The van der Waals surface area contributed by atoms with Crippen LogP contribution in [0.1, 0.15) is 11.3 Å². The average molecular weight is 285 g/mol. The van der Waals surface area contributed by atoms with E-state index in [-0.39, 0.29) is 11.4 Å². The Kier molecular flexibility index (Phi) is 2.86. The molecule has 1 N–H and O–H groups in total. The summed E-state index contributed by atoms with van der Waals surface area (Å²) < 4.78 is 39.0. The monoisotopic (exact) mass is 285 g/mol. The number of nitrogens with zero attached hydrogens (tertiary/aromatic N) is 4. The molecule has 2 aromatic rings. The Labute approximate surface area is 109 Å². The molecule has 19 heavy (non-hydrogen) atoms. The van der Waals surface area contributed by atoms with Crippen LogP contribution in [0.5, 0.6) is 0 Å². The molecule has 102 valence electrons. The van der Waals surface area contributed by atoms with Crippen molar-refractivity contribution in [2.24, 2.45) is 0 Å². The molecule has 1 aliphatic heterocycles. The molecule has 0 radical (unpaired) electrons. The molecule has 7 nitrogen and oxygen atoms in total. The van der Waals surface area contributed by atoms with Gasteiger partial charge in [0.05, 0.1) is 18.4 Å². The molecule has 0 spiro atoms. The van der Waals surface area contributed by atoms with Gasteiger partial charge in [-0.2, -0.15) is 22.7 Å². The third kappa shape index (κ3) is 2.04. The smallest absolute Gasteiger partial charge is 0.286 e. The molecule has 0 atom stereocenters. The first kappa shape index (κ1) is 12.3. The summed E-state index contributed by atoms with van der Waals surface area (Å²) in [5.74, 6) is 0. The van der Waals surface area contributed by atoms with Crippen molar-refractivity contribution in [1.82, 2.24) is 24.3 Å². The molecule has 0 unspecified atom stereocenters. The van der Waals surface area contributed by atoms with E-state index in [4.69, 9.17) is 0 Å². The maximum Gasteiger partial charge on any atom is 0.286 e. The highest BCUT2D eigenvalue weighted by molar-refractivity contribution is 7.89. The fourth-order valence-corrected chi connectivity index (χ4v) is 3.07. The predicted molar refractivity (Wildman–Crippen MR) is 63.6 cm³/mol. The van der Waals surface area contributed by atoms with Crippen molar-refractivity contribution in [1.29, 1.82) is 0 Å². The van der Waals surface area contributed by atoms with Crippen LogP contribution in [-0.4, -0.2) is 34.1 Å². The lowest BCUT2D eigenvalue weighted by molar-refractivity contribution is 0.426. The predicted octanol–water partition coefficient (Wildman–Crippen LogP) is -0.111. The SMILES string of the molecule is O=S(=O)(c1cnn(CCF)c1)n1cc2c(n1)CNC2. The van der Waals surface area contributed by atoms with Crippen LogP contribution in [0.25, 0.3) is 0 Å². The van der Waals surface area contributed by atoms with Crippen LogP contribution >= 0.6 is 0 Å². The summed E-state index contributed by atoms with van der Waals surface area (Å²) >= 11 is 0. The van der Waals surface area contributed by atoms with Gasteiger partial charge in [-0.1, -0.05) is 0 Å². The van der Waals surface area contributed by atoms with E-state index in [2.05, 4.69) is 15.5 Å². The van der Waals surface area contributed by atoms with E-state index < -0.39 is 16.7 Å². The van der Waals surface area contributed by atoms with Crippen molar-refractivity contribution in [3.05, 3.63) is 29.8 Å². The number of hydrogen-bond donors (Lipinski definition) is 1. The summed E-state index contributed by atoms with van der Waals surface area (Å²) in [5, 5.41) is 10.9. The van der Waals surface area contributed by atoms with Gasteiger partial charge in [0.25, 0.3) is 10.0 Å². The first-order valence-corrected chi connectivity index (χ1v) is 7.17. The molecule has 0 saturated carbocycles. The lowest BCUT2D eigenvalue weighted by Crippen LogP contribution is -2.15. The van der Waals surface area contributed by atoms with Crippen LogP contribution < -0.4 is 5.32 Å². The average Bonchev–Trinajstić information content (AvgIpc) is 3.03. The van der Waals surface area contributed by atoms with Crippen molar-refractivity contribution >= 4 is 10.0 Å². The van der Waals surface area contributed by atoms with Crippen LogP contribution in [0.15, 0.2) is 23.5 Å². The number of rotatable bonds is 4. The van der Waals surface area contributed by atoms with Crippen molar-refractivity contribution in [2.75, 3.05) is 6.67 Å². The third-order valence-electron chi connectivity index (χ3n) is 2.93. The molecule has 0 bridgehead atoms. The number of nitrogens with one attached hydrogen (secondary N) is 1. The van der Waals surface area contributed by atoms with E-state index >= 15 is 0 Å². The van der Waals surface area contributed by atoms with Crippen molar-refractivity contribution < 1.29 is 12.8 Å². The number of aryl methyl sites for hydroxylation is 1. The van der Waals surface area contributed by atoms with Crippen LogP contribution in [0, 0.1) is 0 Å². The standard InChI is InChI=1S/C10H12FN5O2S/c11-1-2-15-7-9(4-13-15)19(17,18)16-6-8-3-12-5-10(8)14-16/h4,6-7,12H,1-3,5H2. The zero-order valence-electron chi connectivity index (χ0n) is 9.95. The van der Waals surface area contributed by atoms with Crippen LogP contribution in [0.2, 0.25) is 0 Å². The van der Waals surface area contributed by atoms with Crippen LogP contribution in [0.3, 0.4) is 0 Å². The van der Waals surface area contributed by atoms with E-state index in [1.54, 1.807) is 0 Å². The molecule has 3 rings (SSSR count). The van der Waals surface area contributed by atoms with Crippen molar-refractivity contribution in [3.8, 4) is 0 Å². The molecule has 3 heterocycles. The Morgan fingerprint density at radius 2 is 2.21 bits per heavy atom. The van der Waals surface area contributed by atoms with Gasteiger partial charge in [-0.25, -0.2) is 4.39 Å². The maximum absolute atomic E-state index is 12.3. The second kappa shape index (κ2) is 4.42. The highest BCUT2D eigenvalue weighted by Crippen LogP contribution is 2.18. The second-order valence-corrected chi connectivity index (χ2v) is 6.01. The number of alkyl halides is 1. The molecule has 0 aliphatic carbocycles. The third-order valence-corrected chi connectivity index (χ3v) is 4.42. The lowest BCUT2D eigenvalue weighted by atomic mass is 10.3. The minimum absolute atomic E-state index is 0.00934. The van der Waals surface area contributed by atoms with Crippen LogP contribution in [-0.2, 0) is 29.7 Å². The normalized spacial score (nSPS) is 14.8. The van der Waals surface area contributed by atoms with E-state index in [0.29, 0.717) is 13.1 Å².